The number of nitriles is 1. The van der Waals surface area contributed by atoms with E-state index >= 15 is 0 Å². The predicted molar refractivity (Wildman–Crippen MR) is 216 cm³/mol. The number of hydrogen-bond donors (Lipinski definition) is 4. The number of rotatable bonds is 10. The lowest BCUT2D eigenvalue weighted by molar-refractivity contribution is -0.138. The molecule has 0 spiro atoms. The molecule has 0 saturated carbocycles. The number of oxazole rings is 2. The topological polar surface area (TPSA) is 250 Å². The number of aromatic nitrogens is 4. The lowest BCUT2D eigenvalue weighted by atomic mass is 10.1. The van der Waals surface area contributed by atoms with Crippen molar-refractivity contribution in [2.75, 3.05) is 17.2 Å². The van der Waals surface area contributed by atoms with Crippen LogP contribution >= 0.6 is 0 Å². The Balaban J connectivity index is 0.000000191. The van der Waals surface area contributed by atoms with E-state index in [2.05, 4.69) is 45.8 Å². The van der Waals surface area contributed by atoms with E-state index < -0.39 is 47.5 Å². The number of anilines is 4. The van der Waals surface area contributed by atoms with E-state index in [0.717, 1.165) is 48.5 Å². The maximum atomic E-state index is 12.6. The van der Waals surface area contributed by atoms with Crippen LogP contribution in [0.25, 0.3) is 33.1 Å². The summed E-state index contributed by atoms with van der Waals surface area (Å²) in [5, 5.41) is 28.8. The van der Waals surface area contributed by atoms with E-state index in [-0.39, 0.29) is 34.8 Å². The first-order valence-corrected chi connectivity index (χ1v) is 18.1. The number of ketones is 1. The van der Waals surface area contributed by atoms with Crippen LogP contribution in [0.1, 0.15) is 38.4 Å². The molecule has 0 aliphatic rings. The Hall–Kier alpha value is -8.91. The van der Waals surface area contributed by atoms with Gasteiger partial charge >= 0.3 is 18.5 Å². The molecule has 7 aromatic rings. The largest absolute Gasteiger partial charge is 0.423 e. The number of amidine groups is 1. The van der Waals surface area contributed by atoms with Crippen molar-refractivity contribution in [2.24, 2.45) is 16.0 Å². The van der Waals surface area contributed by atoms with Crippen molar-refractivity contribution < 1.29 is 58.3 Å². The van der Waals surface area contributed by atoms with Crippen LogP contribution in [0.2, 0.25) is 0 Å². The molecule has 338 valence electrons. The third kappa shape index (κ3) is 13.5. The Morgan fingerprint density at radius 2 is 1.11 bits per heavy atom. The molecule has 0 radical (unpaired) electrons. The summed E-state index contributed by atoms with van der Waals surface area (Å²) in [6.45, 7) is -0.401. The van der Waals surface area contributed by atoms with Crippen molar-refractivity contribution >= 4 is 35.0 Å². The average Bonchev–Trinajstić information content (AvgIpc) is 3.98. The minimum absolute atomic E-state index is 0.0837. The summed E-state index contributed by atoms with van der Waals surface area (Å²) in [6.07, 6.45) is -7.53. The number of benzene rings is 3. The highest BCUT2D eigenvalue weighted by Gasteiger charge is 2.32. The van der Waals surface area contributed by atoms with Crippen LogP contribution < -0.4 is 16.4 Å². The maximum absolute atomic E-state index is 12.6. The fraction of sp³-hybridized carbons (Fsp3) is 0.0976. The number of alkyl halides is 9. The molecule has 16 nitrogen and oxygen atoms in total. The van der Waals surface area contributed by atoms with Gasteiger partial charge < -0.3 is 30.4 Å². The standard InChI is InChI=1S/C16H12F3N5O2.C16H9F3N4O.C9H6F3N3O/c17-16(18,19)10-3-1-9(2-4-10)13-8-22-15(26-13)23-11-5-6-12(21-7-11)14(20)24-25;17-16(18,19)11-3-1-10(2-4-11)14-9-22-15(24-14)23-13-6-5-12(7-20)21-8-13;10-9(11,12)7-3-1-6(2-4-7)8(16)5-14-15-13/h1-8,25H,(H2,20,24)(H,22,23);1-6,8-9H,(H,22,23);1-4H,5H2. The van der Waals surface area contributed by atoms with Crippen molar-refractivity contribution in [3.8, 4) is 28.7 Å². The Labute approximate surface area is 364 Å². The number of carbonyl (C=O) groups is 1. The monoisotopic (exact) mass is 922 g/mol. The van der Waals surface area contributed by atoms with Crippen LogP contribution in [-0.4, -0.2) is 43.3 Å². The molecule has 0 aliphatic heterocycles. The molecule has 66 heavy (non-hydrogen) atoms. The summed E-state index contributed by atoms with van der Waals surface area (Å²) in [7, 11) is 0. The number of azide groups is 1. The summed E-state index contributed by atoms with van der Waals surface area (Å²) in [5.41, 5.74) is 13.8. The van der Waals surface area contributed by atoms with Gasteiger partial charge in [0.15, 0.2) is 23.1 Å². The number of Topliss-reactive ketones (excluding diaryl/α,β-unsaturated/α-hetero) is 1. The molecule has 0 amide bonds. The number of carbonyl (C=O) groups excluding carboxylic acids is 1. The quantitative estimate of drug-likeness (QED) is 0.0115. The van der Waals surface area contributed by atoms with E-state index in [1.54, 1.807) is 12.1 Å². The zero-order valence-corrected chi connectivity index (χ0v) is 32.9. The highest BCUT2D eigenvalue weighted by molar-refractivity contribution is 5.97. The third-order valence-corrected chi connectivity index (χ3v) is 8.33. The molecule has 0 saturated heterocycles. The number of nitrogens with zero attached hydrogens (tertiary/aromatic N) is 9. The smallest absolute Gasteiger partial charge is 0.416 e. The van der Waals surface area contributed by atoms with Crippen LogP contribution in [0.3, 0.4) is 0 Å². The number of pyridine rings is 2. The van der Waals surface area contributed by atoms with E-state index in [1.807, 2.05) is 6.07 Å². The highest BCUT2D eigenvalue weighted by atomic mass is 19.4. The van der Waals surface area contributed by atoms with Gasteiger partial charge in [0.25, 0.3) is 12.0 Å². The minimum atomic E-state index is -4.42. The van der Waals surface area contributed by atoms with Crippen molar-refractivity contribution in [2.45, 2.75) is 18.5 Å². The van der Waals surface area contributed by atoms with Gasteiger partial charge in [-0.2, -0.15) is 44.8 Å². The van der Waals surface area contributed by atoms with Crippen LogP contribution in [0.5, 0.6) is 0 Å². The zero-order valence-electron chi connectivity index (χ0n) is 32.9. The van der Waals surface area contributed by atoms with Gasteiger partial charge in [0, 0.05) is 21.6 Å². The van der Waals surface area contributed by atoms with Crippen LogP contribution in [0, 0.1) is 11.3 Å². The lowest BCUT2D eigenvalue weighted by Crippen LogP contribution is -2.14. The Morgan fingerprint density at radius 1 is 0.667 bits per heavy atom. The molecule has 0 atom stereocenters. The molecule has 0 bridgehead atoms. The molecule has 0 fully saturated rings. The summed E-state index contributed by atoms with van der Waals surface area (Å²) in [5.74, 6) is -0.0147. The molecular formula is C41H27F9N12O4. The van der Waals surface area contributed by atoms with Crippen molar-refractivity contribution in [1.82, 2.24) is 19.9 Å². The number of oxime groups is 1. The van der Waals surface area contributed by atoms with Crippen LogP contribution in [-0.2, 0) is 18.5 Å². The SMILES string of the molecule is N#Cc1ccc(Nc2ncc(-c3ccc(C(F)(F)F)cc3)o2)cn1.NC(=NO)c1ccc(Nc2ncc(-c3ccc(C(F)(F)F)cc3)o2)cn1.[N-]=[N+]=NCC(=O)c1ccc(C(F)(F)F)cc1. The van der Waals surface area contributed by atoms with Gasteiger partial charge in [-0.1, -0.05) is 46.7 Å². The number of halogens is 9. The molecule has 4 aromatic heterocycles. The molecule has 7 rings (SSSR count). The van der Waals surface area contributed by atoms with Gasteiger partial charge in [-0.15, -0.1) is 0 Å². The lowest BCUT2D eigenvalue weighted by Gasteiger charge is -2.06. The van der Waals surface area contributed by atoms with Crippen LogP contribution in [0.4, 0.5) is 62.9 Å². The summed E-state index contributed by atoms with van der Waals surface area (Å²) in [4.78, 5) is 29.5. The first-order valence-electron chi connectivity index (χ1n) is 18.1. The molecule has 5 N–H and O–H groups in total. The summed E-state index contributed by atoms with van der Waals surface area (Å²) >= 11 is 0. The predicted octanol–water partition coefficient (Wildman–Crippen LogP) is 11.2. The first-order chi connectivity index (χ1) is 31.3. The normalized spacial score (nSPS) is 11.4. The van der Waals surface area contributed by atoms with Crippen molar-refractivity contribution in [3.05, 3.63) is 166 Å². The van der Waals surface area contributed by atoms with Gasteiger partial charge in [-0.3, -0.25) is 9.78 Å². The van der Waals surface area contributed by atoms with E-state index in [4.69, 9.17) is 30.6 Å². The van der Waals surface area contributed by atoms with Gasteiger partial charge in [-0.25, -0.2) is 15.0 Å². The van der Waals surface area contributed by atoms with Gasteiger partial charge in [0.05, 0.1) is 59.4 Å². The summed E-state index contributed by atoms with van der Waals surface area (Å²) in [6, 6.07) is 21.4. The third-order valence-electron chi connectivity index (χ3n) is 8.33. The number of nitrogens with one attached hydrogen (secondary N) is 2. The highest BCUT2D eigenvalue weighted by Crippen LogP contribution is 2.34. The first kappa shape index (κ1) is 48.1. The second-order valence-corrected chi connectivity index (χ2v) is 12.8. The molecule has 0 unspecified atom stereocenters. The number of nitrogens with two attached hydrogens (primary N) is 1. The second-order valence-electron chi connectivity index (χ2n) is 12.8. The van der Waals surface area contributed by atoms with E-state index in [1.165, 1.54) is 61.2 Å². The van der Waals surface area contributed by atoms with Crippen molar-refractivity contribution in [1.29, 1.82) is 5.26 Å². The van der Waals surface area contributed by atoms with Crippen LogP contribution in [0.15, 0.2) is 141 Å². The Morgan fingerprint density at radius 3 is 1.47 bits per heavy atom. The Kier molecular flexibility index (Phi) is 15.3. The van der Waals surface area contributed by atoms with Crippen molar-refractivity contribution in [3.63, 3.8) is 0 Å². The van der Waals surface area contributed by atoms with Gasteiger partial charge in [0.1, 0.15) is 17.5 Å². The van der Waals surface area contributed by atoms with Gasteiger partial charge in [0.2, 0.25) is 0 Å². The molecule has 0 aliphatic carbocycles. The molecule has 3 aromatic carbocycles. The maximum Gasteiger partial charge on any atom is 0.416 e. The second kappa shape index (κ2) is 21.0. The zero-order chi connectivity index (χ0) is 48.1. The van der Waals surface area contributed by atoms with E-state index in [9.17, 15) is 44.3 Å². The molecule has 25 heteroatoms. The Bertz CT molecular complexity index is 2830. The fourth-order valence-electron chi connectivity index (χ4n) is 5.06. The minimum Gasteiger partial charge on any atom is -0.423 e. The number of hydrogen-bond acceptors (Lipinski definition) is 13. The van der Waals surface area contributed by atoms with E-state index in [0.29, 0.717) is 34.0 Å². The van der Waals surface area contributed by atoms with Gasteiger partial charge in [-0.05, 0) is 66.2 Å². The average molecular weight is 923 g/mol. The summed E-state index contributed by atoms with van der Waals surface area (Å²) < 4.78 is 123. The molecular weight excluding hydrogens is 896 g/mol. The fourth-order valence-corrected chi connectivity index (χ4v) is 5.06. The molecule has 4 heterocycles.